The van der Waals surface area contributed by atoms with E-state index in [9.17, 15) is 0 Å². The van der Waals surface area contributed by atoms with Gasteiger partial charge in [-0.3, -0.25) is 4.99 Å². The SMILES string of the molecule is C=C/N=C(\C=C/C)CC. The highest BCUT2D eigenvalue weighted by atomic mass is 14.7. The Morgan fingerprint density at radius 3 is 2.67 bits per heavy atom. The van der Waals surface area contributed by atoms with Crippen LogP contribution in [0.5, 0.6) is 0 Å². The van der Waals surface area contributed by atoms with E-state index in [1.807, 2.05) is 19.1 Å². The van der Waals surface area contributed by atoms with Crippen LogP contribution in [0.2, 0.25) is 0 Å². The van der Waals surface area contributed by atoms with Gasteiger partial charge in [0.1, 0.15) is 0 Å². The lowest BCUT2D eigenvalue weighted by Crippen LogP contribution is -1.87. The number of hydrogen-bond donors (Lipinski definition) is 0. The van der Waals surface area contributed by atoms with Crippen LogP contribution in [0.3, 0.4) is 0 Å². The molecule has 0 radical (unpaired) electrons. The predicted octanol–water partition coefficient (Wildman–Crippen LogP) is 2.56. The molecule has 0 atom stereocenters. The molecule has 0 saturated carbocycles. The molecule has 0 fully saturated rings. The van der Waals surface area contributed by atoms with Crippen LogP contribution in [-0.2, 0) is 0 Å². The first-order valence-corrected chi connectivity index (χ1v) is 3.15. The van der Waals surface area contributed by atoms with Crippen molar-refractivity contribution in [2.75, 3.05) is 0 Å². The summed E-state index contributed by atoms with van der Waals surface area (Å²) in [4.78, 5) is 4.03. The van der Waals surface area contributed by atoms with Crippen LogP contribution in [0.1, 0.15) is 20.3 Å². The maximum Gasteiger partial charge on any atom is 0.0397 e. The van der Waals surface area contributed by atoms with Crippen molar-refractivity contribution in [1.82, 2.24) is 0 Å². The zero-order chi connectivity index (χ0) is 7.11. The Morgan fingerprint density at radius 1 is 1.67 bits per heavy atom. The highest BCUT2D eigenvalue weighted by Gasteiger charge is 1.83. The number of aliphatic imine (C=N–C) groups is 1. The summed E-state index contributed by atoms with van der Waals surface area (Å²) in [7, 11) is 0. The van der Waals surface area contributed by atoms with Gasteiger partial charge < -0.3 is 0 Å². The minimum atomic E-state index is 0.969. The summed E-state index contributed by atoms with van der Waals surface area (Å²) in [6, 6.07) is 0. The summed E-state index contributed by atoms with van der Waals surface area (Å²) in [6.45, 7) is 7.56. The van der Waals surface area contributed by atoms with Gasteiger partial charge in [-0.25, -0.2) is 0 Å². The van der Waals surface area contributed by atoms with Crippen LogP contribution in [0, 0.1) is 0 Å². The van der Waals surface area contributed by atoms with Crippen molar-refractivity contribution in [2.45, 2.75) is 20.3 Å². The van der Waals surface area contributed by atoms with E-state index in [0.717, 1.165) is 12.1 Å². The molecule has 0 spiro atoms. The molecule has 0 rings (SSSR count). The second-order valence-electron chi connectivity index (χ2n) is 1.66. The third-order valence-electron chi connectivity index (χ3n) is 0.978. The fraction of sp³-hybridized carbons (Fsp3) is 0.375. The van der Waals surface area contributed by atoms with E-state index in [2.05, 4.69) is 18.5 Å². The van der Waals surface area contributed by atoms with Crippen molar-refractivity contribution in [3.05, 3.63) is 24.9 Å². The molecule has 0 aromatic carbocycles. The topological polar surface area (TPSA) is 12.4 Å². The van der Waals surface area contributed by atoms with Crippen LogP contribution in [0.15, 0.2) is 29.9 Å². The summed E-state index contributed by atoms with van der Waals surface area (Å²) in [5.74, 6) is 0. The number of nitrogens with zero attached hydrogens (tertiary/aromatic N) is 1. The monoisotopic (exact) mass is 123 g/mol. The Bertz CT molecular complexity index is 132. The fourth-order valence-corrected chi connectivity index (χ4v) is 0.562. The molecule has 0 amide bonds. The van der Waals surface area contributed by atoms with Crippen LogP contribution >= 0.6 is 0 Å². The van der Waals surface area contributed by atoms with Gasteiger partial charge in [-0.1, -0.05) is 19.6 Å². The first kappa shape index (κ1) is 8.15. The van der Waals surface area contributed by atoms with Gasteiger partial charge in [-0.15, -0.1) is 0 Å². The van der Waals surface area contributed by atoms with Gasteiger partial charge in [0, 0.05) is 11.9 Å². The summed E-state index contributed by atoms with van der Waals surface area (Å²) < 4.78 is 0. The van der Waals surface area contributed by atoms with E-state index in [1.165, 1.54) is 0 Å². The van der Waals surface area contributed by atoms with Crippen molar-refractivity contribution in [3.63, 3.8) is 0 Å². The zero-order valence-electron chi connectivity index (χ0n) is 6.09. The smallest absolute Gasteiger partial charge is 0.0397 e. The minimum Gasteiger partial charge on any atom is -0.262 e. The first-order chi connectivity index (χ1) is 4.35. The van der Waals surface area contributed by atoms with Crippen molar-refractivity contribution in [3.8, 4) is 0 Å². The second kappa shape index (κ2) is 5.29. The third-order valence-corrected chi connectivity index (χ3v) is 0.978. The molecule has 0 aromatic heterocycles. The van der Waals surface area contributed by atoms with Crippen molar-refractivity contribution in [2.24, 2.45) is 4.99 Å². The molecule has 9 heavy (non-hydrogen) atoms. The third kappa shape index (κ3) is 3.71. The lowest BCUT2D eigenvalue weighted by Gasteiger charge is -1.89. The standard InChI is InChI=1S/C8H13N/c1-4-7-8(5-2)9-6-3/h4,6-7H,3,5H2,1-2H3/b7-4-,9-8-. The Kier molecular flexibility index (Phi) is 4.79. The normalized spacial score (nSPS) is 12.4. The molecular weight excluding hydrogens is 110 g/mol. The van der Waals surface area contributed by atoms with E-state index in [0.29, 0.717) is 0 Å². The van der Waals surface area contributed by atoms with Gasteiger partial charge in [0.2, 0.25) is 0 Å². The highest BCUT2D eigenvalue weighted by molar-refractivity contribution is 5.94. The molecular formula is C8H13N. The van der Waals surface area contributed by atoms with Gasteiger partial charge in [-0.05, 0) is 19.4 Å². The van der Waals surface area contributed by atoms with Crippen molar-refractivity contribution < 1.29 is 0 Å². The predicted molar refractivity (Wildman–Crippen MR) is 42.7 cm³/mol. The number of rotatable bonds is 3. The van der Waals surface area contributed by atoms with Gasteiger partial charge in [0.05, 0.1) is 0 Å². The summed E-state index contributed by atoms with van der Waals surface area (Å²) in [5.41, 5.74) is 1.08. The molecule has 0 aromatic rings. The van der Waals surface area contributed by atoms with Gasteiger partial charge >= 0.3 is 0 Å². The number of hydrogen-bond acceptors (Lipinski definition) is 1. The molecule has 1 nitrogen and oxygen atoms in total. The molecule has 0 saturated heterocycles. The Balaban J connectivity index is 3.96. The van der Waals surface area contributed by atoms with Gasteiger partial charge in [0.15, 0.2) is 0 Å². The van der Waals surface area contributed by atoms with Crippen molar-refractivity contribution >= 4 is 5.71 Å². The summed E-state index contributed by atoms with van der Waals surface area (Å²) >= 11 is 0. The maximum atomic E-state index is 4.03. The molecule has 0 bridgehead atoms. The van der Waals surface area contributed by atoms with E-state index in [1.54, 1.807) is 6.20 Å². The molecule has 1 heteroatoms. The van der Waals surface area contributed by atoms with Gasteiger partial charge in [-0.2, -0.15) is 0 Å². The summed E-state index contributed by atoms with van der Waals surface area (Å²) in [5, 5.41) is 0. The van der Waals surface area contributed by atoms with Crippen LogP contribution in [0.4, 0.5) is 0 Å². The highest BCUT2D eigenvalue weighted by Crippen LogP contribution is 1.88. The van der Waals surface area contributed by atoms with Gasteiger partial charge in [0.25, 0.3) is 0 Å². The molecule has 0 aliphatic rings. The molecule has 0 unspecified atom stereocenters. The average molecular weight is 123 g/mol. The molecule has 0 heterocycles. The Labute approximate surface area is 56.8 Å². The van der Waals surface area contributed by atoms with Crippen LogP contribution in [-0.4, -0.2) is 5.71 Å². The Morgan fingerprint density at radius 2 is 2.33 bits per heavy atom. The molecule has 0 aliphatic heterocycles. The van der Waals surface area contributed by atoms with E-state index < -0.39 is 0 Å². The molecule has 0 aliphatic carbocycles. The Hall–Kier alpha value is -0.850. The van der Waals surface area contributed by atoms with E-state index in [4.69, 9.17) is 0 Å². The largest absolute Gasteiger partial charge is 0.262 e. The fourth-order valence-electron chi connectivity index (χ4n) is 0.562. The lowest BCUT2D eigenvalue weighted by molar-refractivity contribution is 1.28. The first-order valence-electron chi connectivity index (χ1n) is 3.15. The van der Waals surface area contributed by atoms with Crippen LogP contribution in [0.25, 0.3) is 0 Å². The molecule has 0 N–H and O–H groups in total. The van der Waals surface area contributed by atoms with Crippen LogP contribution < -0.4 is 0 Å². The quantitative estimate of drug-likeness (QED) is 0.511. The van der Waals surface area contributed by atoms with E-state index in [-0.39, 0.29) is 0 Å². The van der Waals surface area contributed by atoms with Crippen molar-refractivity contribution in [1.29, 1.82) is 0 Å². The summed E-state index contributed by atoms with van der Waals surface area (Å²) in [6.07, 6.45) is 6.50. The average Bonchev–Trinajstić information content (AvgIpc) is 1.88. The minimum absolute atomic E-state index is 0.969. The maximum absolute atomic E-state index is 4.03. The lowest BCUT2D eigenvalue weighted by atomic mass is 10.3. The number of allylic oxidation sites excluding steroid dienone is 2. The molecule has 50 valence electrons. The second-order valence-corrected chi connectivity index (χ2v) is 1.66. The zero-order valence-corrected chi connectivity index (χ0v) is 6.09. The van der Waals surface area contributed by atoms with E-state index >= 15 is 0 Å².